The standard InChI is InChI=1S/C22H21N5O3S2/c23-20-8-6-16(17-10-11-31-14-17)12-21(20)24-22(28)9-7-18-13-27(26-25-18)15-32(29,30)19-4-2-1-3-5-19/h1-6,8,10-14H,7,9,15,23H2,(H,24,28). The van der Waals surface area contributed by atoms with Crippen molar-refractivity contribution in [2.75, 3.05) is 11.1 Å². The molecule has 8 nitrogen and oxygen atoms in total. The molecule has 2 aromatic heterocycles. The number of nitrogen functional groups attached to an aromatic ring is 1. The SMILES string of the molecule is Nc1ccc(-c2ccsc2)cc1NC(=O)CCc1cn(CS(=O)(=O)c2ccccc2)nn1. The van der Waals surface area contributed by atoms with Crippen LogP contribution in [0.25, 0.3) is 11.1 Å². The number of benzene rings is 2. The minimum absolute atomic E-state index is 0.159. The smallest absolute Gasteiger partial charge is 0.224 e. The molecule has 0 atom stereocenters. The first-order valence-corrected chi connectivity index (χ1v) is 12.4. The van der Waals surface area contributed by atoms with E-state index >= 15 is 0 Å². The zero-order valence-electron chi connectivity index (χ0n) is 17.0. The van der Waals surface area contributed by atoms with Crippen LogP contribution in [0, 0.1) is 0 Å². The average Bonchev–Trinajstić information content (AvgIpc) is 3.47. The van der Waals surface area contributed by atoms with Crippen molar-refractivity contribution in [3.05, 3.63) is 77.2 Å². The van der Waals surface area contributed by atoms with E-state index in [1.54, 1.807) is 41.8 Å². The largest absolute Gasteiger partial charge is 0.397 e. The maximum Gasteiger partial charge on any atom is 0.224 e. The fraction of sp³-hybridized carbons (Fsp3) is 0.136. The number of carbonyl (C=O) groups is 1. The highest BCUT2D eigenvalue weighted by atomic mass is 32.2. The Bertz CT molecular complexity index is 1320. The van der Waals surface area contributed by atoms with Crippen LogP contribution < -0.4 is 11.1 Å². The number of aromatic nitrogens is 3. The third-order valence-electron chi connectivity index (χ3n) is 4.78. The fourth-order valence-electron chi connectivity index (χ4n) is 3.12. The number of sulfone groups is 1. The Labute approximate surface area is 189 Å². The summed E-state index contributed by atoms with van der Waals surface area (Å²) in [5.74, 6) is -0.534. The monoisotopic (exact) mass is 467 g/mol. The molecule has 0 aliphatic carbocycles. The molecule has 0 saturated carbocycles. The molecular weight excluding hydrogens is 446 g/mol. The molecule has 2 aromatic carbocycles. The van der Waals surface area contributed by atoms with Crippen LogP contribution >= 0.6 is 11.3 Å². The summed E-state index contributed by atoms with van der Waals surface area (Å²) in [7, 11) is -3.53. The van der Waals surface area contributed by atoms with Gasteiger partial charge in [0.25, 0.3) is 0 Å². The molecule has 10 heteroatoms. The summed E-state index contributed by atoms with van der Waals surface area (Å²) in [6, 6.07) is 15.7. The molecule has 0 unspecified atom stereocenters. The summed E-state index contributed by atoms with van der Waals surface area (Å²) in [6.45, 7) is 0. The number of anilines is 2. The maximum absolute atomic E-state index is 12.5. The number of nitrogens with two attached hydrogens (primary N) is 1. The van der Waals surface area contributed by atoms with Crippen LogP contribution in [-0.2, 0) is 26.9 Å². The number of hydrogen-bond acceptors (Lipinski definition) is 7. The number of hydrogen-bond donors (Lipinski definition) is 2. The van der Waals surface area contributed by atoms with Gasteiger partial charge >= 0.3 is 0 Å². The summed E-state index contributed by atoms with van der Waals surface area (Å²) < 4.78 is 26.2. The predicted octanol–water partition coefficient (Wildman–Crippen LogP) is 3.59. The third-order valence-corrected chi connectivity index (χ3v) is 7.06. The summed E-state index contributed by atoms with van der Waals surface area (Å²) in [5, 5.41) is 14.7. The van der Waals surface area contributed by atoms with Crippen molar-refractivity contribution in [1.29, 1.82) is 0 Å². The van der Waals surface area contributed by atoms with Gasteiger partial charge in [0, 0.05) is 19.0 Å². The van der Waals surface area contributed by atoms with E-state index in [-0.39, 0.29) is 23.1 Å². The second-order valence-corrected chi connectivity index (χ2v) is 9.91. The lowest BCUT2D eigenvalue weighted by atomic mass is 10.1. The Balaban J connectivity index is 1.35. The van der Waals surface area contributed by atoms with Gasteiger partial charge in [-0.3, -0.25) is 4.79 Å². The molecule has 3 N–H and O–H groups in total. The first-order chi connectivity index (χ1) is 15.4. The van der Waals surface area contributed by atoms with Gasteiger partial charge in [0.1, 0.15) is 5.88 Å². The van der Waals surface area contributed by atoms with Crippen LogP contribution in [0.3, 0.4) is 0 Å². The molecule has 0 aliphatic heterocycles. The van der Waals surface area contributed by atoms with E-state index in [1.165, 1.54) is 16.8 Å². The predicted molar refractivity (Wildman–Crippen MR) is 125 cm³/mol. The highest BCUT2D eigenvalue weighted by Crippen LogP contribution is 2.28. The first kappa shape index (κ1) is 21.7. The molecule has 0 fully saturated rings. The zero-order chi connectivity index (χ0) is 22.6. The summed E-state index contributed by atoms with van der Waals surface area (Å²) >= 11 is 1.60. The first-order valence-electron chi connectivity index (χ1n) is 9.79. The minimum Gasteiger partial charge on any atom is -0.397 e. The molecule has 32 heavy (non-hydrogen) atoms. The molecule has 0 bridgehead atoms. The lowest BCUT2D eigenvalue weighted by Gasteiger charge is -2.10. The van der Waals surface area contributed by atoms with E-state index in [2.05, 4.69) is 15.6 Å². The van der Waals surface area contributed by atoms with Crippen LogP contribution in [0.1, 0.15) is 12.1 Å². The molecule has 164 valence electrons. The number of thiophene rings is 1. The fourth-order valence-corrected chi connectivity index (χ4v) is 4.98. The Hall–Kier alpha value is -3.50. The summed E-state index contributed by atoms with van der Waals surface area (Å²) in [4.78, 5) is 12.7. The third kappa shape index (κ3) is 5.21. The molecular formula is C22H21N5O3S2. The van der Waals surface area contributed by atoms with Crippen LogP contribution in [0.4, 0.5) is 11.4 Å². The van der Waals surface area contributed by atoms with Gasteiger partial charge in [0.2, 0.25) is 5.91 Å². The minimum atomic E-state index is -3.53. The number of rotatable bonds is 8. The van der Waals surface area contributed by atoms with Gasteiger partial charge in [-0.25, -0.2) is 13.1 Å². The second-order valence-electron chi connectivity index (χ2n) is 7.17. The van der Waals surface area contributed by atoms with Gasteiger partial charge in [-0.05, 0) is 52.2 Å². The van der Waals surface area contributed by atoms with Crippen molar-refractivity contribution in [2.24, 2.45) is 0 Å². The van der Waals surface area contributed by atoms with E-state index in [4.69, 9.17) is 5.73 Å². The van der Waals surface area contributed by atoms with Crippen LogP contribution in [-0.4, -0.2) is 29.3 Å². The van der Waals surface area contributed by atoms with Crippen LogP contribution in [0.15, 0.2) is 76.4 Å². The Morgan fingerprint density at radius 3 is 2.66 bits per heavy atom. The van der Waals surface area contributed by atoms with E-state index in [0.717, 1.165) is 11.1 Å². The van der Waals surface area contributed by atoms with E-state index in [0.29, 0.717) is 23.5 Å². The number of nitrogens with one attached hydrogen (secondary N) is 1. The van der Waals surface area contributed by atoms with Gasteiger partial charge in [0.05, 0.1) is 22.0 Å². The van der Waals surface area contributed by atoms with Crippen LogP contribution in [0.5, 0.6) is 0 Å². The van der Waals surface area contributed by atoms with E-state index in [1.807, 2.05) is 29.0 Å². The molecule has 1 amide bonds. The summed E-state index contributed by atoms with van der Waals surface area (Å²) in [6.07, 6.45) is 2.02. The molecule has 4 aromatic rings. The number of carbonyl (C=O) groups excluding carboxylic acids is 1. The Kier molecular flexibility index (Phi) is 6.33. The van der Waals surface area contributed by atoms with Gasteiger partial charge in [0.15, 0.2) is 9.84 Å². The second kappa shape index (κ2) is 9.33. The molecule has 0 aliphatic rings. The molecule has 4 rings (SSSR count). The van der Waals surface area contributed by atoms with E-state index < -0.39 is 9.84 Å². The highest BCUT2D eigenvalue weighted by molar-refractivity contribution is 7.90. The lowest BCUT2D eigenvalue weighted by molar-refractivity contribution is -0.116. The highest BCUT2D eigenvalue weighted by Gasteiger charge is 2.16. The molecule has 0 saturated heterocycles. The van der Waals surface area contributed by atoms with Gasteiger partial charge in [-0.2, -0.15) is 11.3 Å². The van der Waals surface area contributed by atoms with Crippen LogP contribution in [0.2, 0.25) is 0 Å². The van der Waals surface area contributed by atoms with Gasteiger partial charge < -0.3 is 11.1 Å². The van der Waals surface area contributed by atoms with Crippen molar-refractivity contribution in [2.45, 2.75) is 23.6 Å². The quantitative estimate of drug-likeness (QED) is 0.382. The molecule has 0 radical (unpaired) electrons. The topological polar surface area (TPSA) is 120 Å². The Morgan fingerprint density at radius 2 is 1.91 bits per heavy atom. The number of nitrogens with zero attached hydrogens (tertiary/aromatic N) is 3. The van der Waals surface area contributed by atoms with Crippen molar-refractivity contribution in [1.82, 2.24) is 15.0 Å². The Morgan fingerprint density at radius 1 is 1.09 bits per heavy atom. The molecule has 2 heterocycles. The van der Waals surface area contributed by atoms with Crippen molar-refractivity contribution in [3.63, 3.8) is 0 Å². The number of amides is 1. The summed E-state index contributed by atoms with van der Waals surface area (Å²) in [5.41, 5.74) is 9.61. The molecule has 0 spiro atoms. The van der Waals surface area contributed by atoms with Crippen molar-refractivity contribution in [3.8, 4) is 11.1 Å². The zero-order valence-corrected chi connectivity index (χ0v) is 18.6. The maximum atomic E-state index is 12.5. The lowest BCUT2D eigenvalue weighted by Crippen LogP contribution is -2.14. The van der Waals surface area contributed by atoms with E-state index in [9.17, 15) is 13.2 Å². The number of aryl methyl sites for hydroxylation is 1. The van der Waals surface area contributed by atoms with Gasteiger partial charge in [-0.15, -0.1) is 5.10 Å². The normalized spacial score (nSPS) is 11.4. The van der Waals surface area contributed by atoms with Gasteiger partial charge in [-0.1, -0.05) is 29.5 Å². The van der Waals surface area contributed by atoms with Crippen molar-refractivity contribution < 1.29 is 13.2 Å². The van der Waals surface area contributed by atoms with Crippen molar-refractivity contribution >= 4 is 38.5 Å². The average molecular weight is 468 g/mol.